The van der Waals surface area contributed by atoms with Gasteiger partial charge in [-0.15, -0.1) is 0 Å². The molecule has 3 aromatic rings. The SMILES string of the molecule is O=S(=O)(Nc1cc(F)c(Br)cc1F)c1cn(CCOCCO)c2cc(Cl)ccc12. The number of aliphatic hydroxyl groups is 1. The van der Waals surface area contributed by atoms with Gasteiger partial charge in [-0.25, -0.2) is 17.2 Å². The number of anilines is 1. The molecule has 0 fully saturated rings. The first kappa shape index (κ1) is 22.0. The van der Waals surface area contributed by atoms with Crippen LogP contribution in [0.3, 0.4) is 0 Å². The van der Waals surface area contributed by atoms with Crippen molar-refractivity contribution in [3.8, 4) is 0 Å². The molecule has 6 nitrogen and oxygen atoms in total. The second-order valence-electron chi connectivity index (χ2n) is 6.04. The number of nitrogens with zero attached hydrogens (tertiary/aromatic N) is 1. The average molecular weight is 510 g/mol. The Balaban J connectivity index is 2.00. The van der Waals surface area contributed by atoms with Gasteiger partial charge in [0.25, 0.3) is 10.0 Å². The lowest BCUT2D eigenvalue weighted by Gasteiger charge is -2.09. The molecule has 29 heavy (non-hydrogen) atoms. The van der Waals surface area contributed by atoms with Crippen molar-refractivity contribution in [1.29, 1.82) is 0 Å². The molecule has 0 radical (unpaired) electrons. The number of aromatic nitrogens is 1. The molecule has 0 saturated heterocycles. The molecule has 0 atom stereocenters. The maximum Gasteiger partial charge on any atom is 0.264 e. The maximum absolute atomic E-state index is 14.1. The fraction of sp³-hybridized carbons (Fsp3) is 0.222. The lowest BCUT2D eigenvalue weighted by Crippen LogP contribution is -2.14. The lowest BCUT2D eigenvalue weighted by atomic mass is 10.2. The number of aliphatic hydroxyl groups excluding tert-OH is 1. The van der Waals surface area contributed by atoms with Crippen LogP contribution in [0.15, 0.2) is 45.9 Å². The summed E-state index contributed by atoms with van der Waals surface area (Å²) in [6.07, 6.45) is 1.37. The molecule has 0 aliphatic rings. The van der Waals surface area contributed by atoms with Crippen LogP contribution < -0.4 is 4.72 Å². The van der Waals surface area contributed by atoms with Gasteiger partial charge in [0, 0.05) is 29.2 Å². The molecule has 156 valence electrons. The lowest BCUT2D eigenvalue weighted by molar-refractivity contribution is 0.0875. The molecule has 0 saturated carbocycles. The van der Waals surface area contributed by atoms with Gasteiger partial charge in [0.05, 0.1) is 35.5 Å². The molecule has 0 unspecified atom stereocenters. The Kier molecular flexibility index (Phi) is 6.79. The predicted octanol–water partition coefficient (Wildman–Crippen LogP) is 4.15. The monoisotopic (exact) mass is 508 g/mol. The second-order valence-corrected chi connectivity index (χ2v) is 8.98. The zero-order chi connectivity index (χ0) is 21.2. The van der Waals surface area contributed by atoms with Crippen LogP contribution >= 0.6 is 27.5 Å². The van der Waals surface area contributed by atoms with Crippen molar-refractivity contribution in [2.45, 2.75) is 11.4 Å². The van der Waals surface area contributed by atoms with E-state index in [1.54, 1.807) is 10.6 Å². The summed E-state index contributed by atoms with van der Waals surface area (Å²) in [5, 5.41) is 9.56. The molecule has 3 rings (SSSR count). The zero-order valence-electron chi connectivity index (χ0n) is 14.8. The van der Waals surface area contributed by atoms with E-state index in [-0.39, 0.29) is 29.2 Å². The van der Waals surface area contributed by atoms with Crippen molar-refractivity contribution in [1.82, 2.24) is 4.57 Å². The number of nitrogens with one attached hydrogen (secondary N) is 1. The molecule has 11 heteroatoms. The van der Waals surface area contributed by atoms with E-state index < -0.39 is 27.3 Å². The van der Waals surface area contributed by atoms with Crippen LogP contribution in [0.25, 0.3) is 10.9 Å². The molecule has 1 heterocycles. The number of halogens is 4. The van der Waals surface area contributed by atoms with E-state index in [4.69, 9.17) is 21.4 Å². The summed E-state index contributed by atoms with van der Waals surface area (Å²) >= 11 is 8.89. The second kappa shape index (κ2) is 8.97. The standard InChI is InChI=1S/C18H16BrClF2N2O4S/c19-13-8-15(22)16(9-14(13)21)23-29(26,27)18-10-24(3-5-28-6-4-25)17-7-11(20)1-2-12(17)18/h1-2,7-10,23,25H,3-6H2. The van der Waals surface area contributed by atoms with Gasteiger partial charge in [-0.2, -0.15) is 0 Å². The fourth-order valence-electron chi connectivity index (χ4n) is 2.76. The maximum atomic E-state index is 14.1. The fourth-order valence-corrected chi connectivity index (χ4v) is 4.53. The minimum absolute atomic E-state index is 0.117. The highest BCUT2D eigenvalue weighted by molar-refractivity contribution is 9.10. The van der Waals surface area contributed by atoms with Crippen molar-refractivity contribution in [3.63, 3.8) is 0 Å². The summed E-state index contributed by atoms with van der Waals surface area (Å²) in [5.74, 6) is -1.73. The van der Waals surface area contributed by atoms with Crippen molar-refractivity contribution in [3.05, 3.63) is 57.7 Å². The van der Waals surface area contributed by atoms with E-state index in [9.17, 15) is 17.2 Å². The largest absolute Gasteiger partial charge is 0.394 e. The minimum atomic E-state index is -4.24. The molecule has 0 amide bonds. The smallest absolute Gasteiger partial charge is 0.264 e. The number of ether oxygens (including phenoxy) is 1. The molecule has 1 aromatic heterocycles. The Bertz CT molecular complexity index is 1150. The molecule has 0 aliphatic heterocycles. The van der Waals surface area contributed by atoms with Gasteiger partial charge in [-0.05, 0) is 40.2 Å². The highest BCUT2D eigenvalue weighted by atomic mass is 79.9. The Hall–Kier alpha value is -1.72. The summed E-state index contributed by atoms with van der Waals surface area (Å²) < 4.78 is 62.5. The molecular weight excluding hydrogens is 494 g/mol. The van der Waals surface area contributed by atoms with E-state index in [0.29, 0.717) is 22.5 Å². The first-order valence-electron chi connectivity index (χ1n) is 8.37. The number of hydrogen-bond acceptors (Lipinski definition) is 4. The van der Waals surface area contributed by atoms with Gasteiger partial charge in [0.2, 0.25) is 0 Å². The Morgan fingerprint density at radius 2 is 1.93 bits per heavy atom. The van der Waals surface area contributed by atoms with Gasteiger partial charge >= 0.3 is 0 Å². The molecule has 0 spiro atoms. The number of sulfonamides is 1. The topological polar surface area (TPSA) is 80.6 Å². The number of fused-ring (bicyclic) bond motifs is 1. The summed E-state index contributed by atoms with van der Waals surface area (Å²) in [4.78, 5) is -0.117. The van der Waals surface area contributed by atoms with Gasteiger partial charge in [-0.1, -0.05) is 11.6 Å². The molecular formula is C18H16BrClF2N2O4S. The minimum Gasteiger partial charge on any atom is -0.394 e. The third-order valence-corrected chi connectivity index (χ3v) is 6.30. The normalized spacial score (nSPS) is 11.9. The van der Waals surface area contributed by atoms with Crippen molar-refractivity contribution < 1.29 is 27.0 Å². The summed E-state index contributed by atoms with van der Waals surface area (Å²) in [6, 6.07) is 6.28. The first-order chi connectivity index (χ1) is 13.7. The molecule has 0 aliphatic carbocycles. The zero-order valence-corrected chi connectivity index (χ0v) is 18.0. The number of benzene rings is 2. The Morgan fingerprint density at radius 1 is 1.17 bits per heavy atom. The molecule has 2 N–H and O–H groups in total. The van der Waals surface area contributed by atoms with Crippen LogP contribution in [0, 0.1) is 11.6 Å². The number of hydrogen-bond donors (Lipinski definition) is 2. The Labute approximate surface area is 179 Å². The van der Waals surface area contributed by atoms with Crippen LogP contribution in [0.5, 0.6) is 0 Å². The van der Waals surface area contributed by atoms with Crippen LogP contribution in [0.2, 0.25) is 5.02 Å². The molecule has 0 bridgehead atoms. The summed E-state index contributed by atoms with van der Waals surface area (Å²) in [6.45, 7) is 0.558. The third-order valence-electron chi connectivity index (χ3n) is 4.06. The van der Waals surface area contributed by atoms with Crippen LogP contribution in [-0.4, -0.2) is 37.9 Å². The van der Waals surface area contributed by atoms with Crippen molar-refractivity contribution in [2.75, 3.05) is 24.5 Å². The van der Waals surface area contributed by atoms with Crippen LogP contribution in [0.1, 0.15) is 0 Å². The Morgan fingerprint density at radius 3 is 2.66 bits per heavy atom. The highest BCUT2D eigenvalue weighted by Crippen LogP contribution is 2.31. The van der Waals surface area contributed by atoms with Crippen molar-refractivity contribution in [2.24, 2.45) is 0 Å². The third kappa shape index (κ3) is 4.89. The summed E-state index contributed by atoms with van der Waals surface area (Å²) in [5.41, 5.74) is 0.0276. The predicted molar refractivity (Wildman–Crippen MR) is 110 cm³/mol. The van der Waals surface area contributed by atoms with Gasteiger partial charge in [0.15, 0.2) is 0 Å². The average Bonchev–Trinajstić information content (AvgIpc) is 3.02. The van der Waals surface area contributed by atoms with E-state index in [2.05, 4.69) is 20.7 Å². The van der Waals surface area contributed by atoms with E-state index in [1.807, 2.05) is 0 Å². The quantitative estimate of drug-likeness (QED) is 0.353. The first-order valence-corrected chi connectivity index (χ1v) is 11.0. The highest BCUT2D eigenvalue weighted by Gasteiger charge is 2.23. The summed E-state index contributed by atoms with van der Waals surface area (Å²) in [7, 11) is -4.24. The van der Waals surface area contributed by atoms with Gasteiger partial charge in [0.1, 0.15) is 16.5 Å². The van der Waals surface area contributed by atoms with Gasteiger partial charge < -0.3 is 14.4 Å². The van der Waals surface area contributed by atoms with Crippen LogP contribution in [0.4, 0.5) is 14.5 Å². The van der Waals surface area contributed by atoms with Gasteiger partial charge in [-0.3, -0.25) is 4.72 Å². The molecule has 2 aromatic carbocycles. The van der Waals surface area contributed by atoms with E-state index in [1.165, 1.54) is 18.3 Å². The van der Waals surface area contributed by atoms with Crippen molar-refractivity contribution >= 4 is 54.1 Å². The van der Waals surface area contributed by atoms with E-state index in [0.717, 1.165) is 12.1 Å². The number of rotatable bonds is 8. The van der Waals surface area contributed by atoms with E-state index >= 15 is 0 Å². The van der Waals surface area contributed by atoms with Crippen LogP contribution in [-0.2, 0) is 21.3 Å².